The van der Waals surface area contributed by atoms with Crippen LogP contribution in [0.25, 0.3) is 0 Å². The minimum Gasteiger partial charge on any atom is -0.307 e. The van der Waals surface area contributed by atoms with Crippen molar-refractivity contribution in [1.82, 2.24) is 4.98 Å². The SMILES string of the molecule is Cc1nc(NC(=O)c2csc([N+](=O)[O-])c2)ccc1I. The number of halogens is 1. The molecule has 0 spiro atoms. The first-order valence-corrected chi connectivity index (χ1v) is 7.10. The lowest BCUT2D eigenvalue weighted by atomic mass is 10.3. The lowest BCUT2D eigenvalue weighted by molar-refractivity contribution is -0.380. The third kappa shape index (κ3) is 3.26. The van der Waals surface area contributed by atoms with Crippen molar-refractivity contribution in [3.05, 3.63) is 48.5 Å². The van der Waals surface area contributed by atoms with Gasteiger partial charge in [0.2, 0.25) is 0 Å². The first kappa shape index (κ1) is 13.9. The standard InChI is InChI=1S/C11H8IN3O3S/c1-6-8(12)2-3-9(13-6)14-11(16)7-4-10(15(17)18)19-5-7/h2-5H,1H3,(H,13,14,16). The molecule has 0 unspecified atom stereocenters. The maximum absolute atomic E-state index is 11.9. The van der Waals surface area contributed by atoms with Gasteiger partial charge < -0.3 is 5.32 Å². The average Bonchev–Trinajstić information content (AvgIpc) is 2.83. The highest BCUT2D eigenvalue weighted by molar-refractivity contribution is 14.1. The summed E-state index contributed by atoms with van der Waals surface area (Å²) in [6.07, 6.45) is 0. The summed E-state index contributed by atoms with van der Waals surface area (Å²) in [6, 6.07) is 4.78. The quantitative estimate of drug-likeness (QED) is 0.496. The third-order valence-electron chi connectivity index (χ3n) is 2.29. The van der Waals surface area contributed by atoms with Crippen molar-refractivity contribution >= 4 is 50.7 Å². The van der Waals surface area contributed by atoms with Gasteiger partial charge in [-0.2, -0.15) is 0 Å². The summed E-state index contributed by atoms with van der Waals surface area (Å²) in [4.78, 5) is 26.1. The van der Waals surface area contributed by atoms with Crippen LogP contribution in [0.15, 0.2) is 23.6 Å². The van der Waals surface area contributed by atoms with Crippen LogP contribution in [0.1, 0.15) is 16.1 Å². The molecule has 0 saturated heterocycles. The molecule has 0 saturated carbocycles. The van der Waals surface area contributed by atoms with Gasteiger partial charge in [0.15, 0.2) is 0 Å². The normalized spacial score (nSPS) is 10.2. The molecule has 0 bridgehead atoms. The number of hydrogen-bond donors (Lipinski definition) is 1. The topological polar surface area (TPSA) is 85.1 Å². The maximum atomic E-state index is 11.9. The Morgan fingerprint density at radius 3 is 2.84 bits per heavy atom. The second kappa shape index (κ2) is 5.61. The van der Waals surface area contributed by atoms with Crippen molar-refractivity contribution < 1.29 is 9.72 Å². The second-order valence-electron chi connectivity index (χ2n) is 3.65. The predicted octanol–water partition coefficient (Wildman–Crippen LogP) is 3.22. The van der Waals surface area contributed by atoms with E-state index in [-0.39, 0.29) is 10.6 Å². The molecule has 2 rings (SSSR count). The number of anilines is 1. The number of amides is 1. The van der Waals surface area contributed by atoms with Gasteiger partial charge >= 0.3 is 5.00 Å². The number of carbonyl (C=O) groups is 1. The van der Waals surface area contributed by atoms with Crippen LogP contribution < -0.4 is 5.32 Å². The molecule has 19 heavy (non-hydrogen) atoms. The van der Waals surface area contributed by atoms with E-state index in [1.165, 1.54) is 11.4 Å². The predicted molar refractivity (Wildman–Crippen MR) is 80.6 cm³/mol. The lowest BCUT2D eigenvalue weighted by Gasteiger charge is -2.04. The van der Waals surface area contributed by atoms with E-state index in [0.717, 1.165) is 20.6 Å². The average molecular weight is 389 g/mol. The summed E-state index contributed by atoms with van der Waals surface area (Å²) in [5.74, 6) is 0.0224. The Kier molecular flexibility index (Phi) is 4.10. The van der Waals surface area contributed by atoms with Crippen LogP contribution in [0.2, 0.25) is 0 Å². The van der Waals surface area contributed by atoms with Crippen LogP contribution in [-0.4, -0.2) is 15.8 Å². The maximum Gasteiger partial charge on any atom is 0.324 e. The largest absolute Gasteiger partial charge is 0.324 e. The molecule has 0 aliphatic rings. The number of carbonyl (C=O) groups excluding carboxylic acids is 1. The van der Waals surface area contributed by atoms with E-state index in [9.17, 15) is 14.9 Å². The third-order valence-corrected chi connectivity index (χ3v) is 4.31. The number of aromatic nitrogens is 1. The monoisotopic (exact) mass is 389 g/mol. The Morgan fingerprint density at radius 2 is 2.26 bits per heavy atom. The van der Waals surface area contributed by atoms with E-state index in [2.05, 4.69) is 32.9 Å². The first-order valence-electron chi connectivity index (χ1n) is 5.15. The highest BCUT2D eigenvalue weighted by Gasteiger charge is 2.15. The summed E-state index contributed by atoms with van der Waals surface area (Å²) >= 11 is 3.07. The summed E-state index contributed by atoms with van der Waals surface area (Å²) in [5, 5.41) is 14.6. The van der Waals surface area contributed by atoms with Crippen molar-refractivity contribution in [2.45, 2.75) is 6.92 Å². The molecule has 0 fully saturated rings. The smallest absolute Gasteiger partial charge is 0.307 e. The van der Waals surface area contributed by atoms with Crippen LogP contribution in [0.4, 0.5) is 10.8 Å². The van der Waals surface area contributed by atoms with Crippen LogP contribution in [0.3, 0.4) is 0 Å². The summed E-state index contributed by atoms with van der Waals surface area (Å²) < 4.78 is 1.00. The second-order valence-corrected chi connectivity index (χ2v) is 5.70. The van der Waals surface area contributed by atoms with E-state index < -0.39 is 10.8 Å². The molecule has 0 radical (unpaired) electrons. The zero-order chi connectivity index (χ0) is 14.0. The highest BCUT2D eigenvalue weighted by atomic mass is 127. The molecule has 2 aromatic heterocycles. The zero-order valence-corrected chi connectivity index (χ0v) is 12.7. The molecule has 2 heterocycles. The molecule has 1 N–H and O–H groups in total. The van der Waals surface area contributed by atoms with Gasteiger partial charge in [-0.3, -0.25) is 14.9 Å². The molecule has 0 aliphatic heterocycles. The molecule has 6 nitrogen and oxygen atoms in total. The van der Waals surface area contributed by atoms with Gasteiger partial charge in [0.05, 0.1) is 16.2 Å². The zero-order valence-electron chi connectivity index (χ0n) is 9.71. The fourth-order valence-corrected chi connectivity index (χ4v) is 2.35. The van der Waals surface area contributed by atoms with Crippen LogP contribution in [-0.2, 0) is 0 Å². The Bertz CT molecular complexity index is 656. The van der Waals surface area contributed by atoms with Crippen LogP contribution in [0, 0.1) is 20.6 Å². The van der Waals surface area contributed by atoms with Gasteiger partial charge in [0.25, 0.3) is 5.91 Å². The molecule has 0 aliphatic carbocycles. The number of pyridine rings is 1. The van der Waals surface area contributed by atoms with E-state index in [0.29, 0.717) is 5.82 Å². The molecule has 0 atom stereocenters. The number of hydrogen-bond acceptors (Lipinski definition) is 5. The highest BCUT2D eigenvalue weighted by Crippen LogP contribution is 2.23. The minimum atomic E-state index is -0.519. The van der Waals surface area contributed by atoms with Gasteiger partial charge in [0.1, 0.15) is 5.82 Å². The fourth-order valence-electron chi connectivity index (χ4n) is 1.34. The number of rotatable bonds is 3. The molecule has 98 valence electrons. The van der Waals surface area contributed by atoms with Gasteiger partial charge in [-0.05, 0) is 41.6 Å². The Morgan fingerprint density at radius 1 is 1.53 bits per heavy atom. The lowest BCUT2D eigenvalue weighted by Crippen LogP contribution is -2.12. The summed E-state index contributed by atoms with van der Waals surface area (Å²) in [6.45, 7) is 1.84. The number of thiophene rings is 1. The van der Waals surface area contributed by atoms with Gasteiger partial charge in [-0.1, -0.05) is 11.3 Å². The van der Waals surface area contributed by atoms with Crippen molar-refractivity contribution in [3.63, 3.8) is 0 Å². The minimum absolute atomic E-state index is 0.0584. The molecule has 0 aromatic carbocycles. The van der Waals surface area contributed by atoms with Gasteiger partial charge in [-0.15, -0.1) is 0 Å². The van der Waals surface area contributed by atoms with Gasteiger partial charge in [0, 0.05) is 15.0 Å². The summed E-state index contributed by atoms with van der Waals surface area (Å²) in [5.41, 5.74) is 1.07. The molecule has 2 aromatic rings. The van der Waals surface area contributed by atoms with Crippen molar-refractivity contribution in [3.8, 4) is 0 Å². The van der Waals surface area contributed by atoms with E-state index in [1.54, 1.807) is 6.07 Å². The van der Waals surface area contributed by atoms with Crippen molar-refractivity contribution in [1.29, 1.82) is 0 Å². The molecule has 1 amide bonds. The Balaban J connectivity index is 2.15. The summed E-state index contributed by atoms with van der Waals surface area (Å²) in [7, 11) is 0. The Hall–Kier alpha value is -1.55. The van der Waals surface area contributed by atoms with Crippen molar-refractivity contribution in [2.24, 2.45) is 0 Å². The first-order chi connectivity index (χ1) is 8.97. The number of aryl methyl sites for hydroxylation is 1. The number of nitrogens with one attached hydrogen (secondary N) is 1. The van der Waals surface area contributed by atoms with E-state index >= 15 is 0 Å². The molecular weight excluding hydrogens is 381 g/mol. The fraction of sp³-hybridized carbons (Fsp3) is 0.0909. The van der Waals surface area contributed by atoms with E-state index in [1.807, 2.05) is 13.0 Å². The molecular formula is C11H8IN3O3S. The number of nitrogens with zero attached hydrogens (tertiary/aromatic N) is 2. The number of nitro groups is 1. The van der Waals surface area contributed by atoms with Crippen LogP contribution >= 0.6 is 33.9 Å². The van der Waals surface area contributed by atoms with E-state index in [4.69, 9.17) is 0 Å². The Labute approximate surface area is 126 Å². The molecule has 8 heteroatoms. The van der Waals surface area contributed by atoms with Gasteiger partial charge in [-0.25, -0.2) is 4.98 Å². The van der Waals surface area contributed by atoms with Crippen LogP contribution in [0.5, 0.6) is 0 Å². The van der Waals surface area contributed by atoms with Crippen molar-refractivity contribution in [2.75, 3.05) is 5.32 Å².